The summed E-state index contributed by atoms with van der Waals surface area (Å²) in [4.78, 5) is 21.3. The third-order valence-electron chi connectivity index (χ3n) is 2.21. The molecule has 4 heteroatoms. The van der Waals surface area contributed by atoms with Gasteiger partial charge in [-0.15, -0.1) is 0 Å². The second-order valence-corrected chi connectivity index (χ2v) is 5.12. The molecule has 0 saturated carbocycles. The van der Waals surface area contributed by atoms with E-state index < -0.39 is 5.97 Å². The summed E-state index contributed by atoms with van der Waals surface area (Å²) in [6.45, 7) is 1.56. The highest BCUT2D eigenvalue weighted by Crippen LogP contribution is 2.10. The van der Waals surface area contributed by atoms with Crippen molar-refractivity contribution >= 4 is 28.9 Å². The molecule has 0 atom stereocenters. The number of carbonyl (C=O) groups excluding carboxylic acids is 1. The lowest BCUT2D eigenvalue weighted by atomic mass is 10.1. The molecule has 0 saturated heterocycles. The van der Waals surface area contributed by atoms with E-state index in [0.717, 1.165) is 23.3 Å². The Labute approximate surface area is 111 Å². The summed E-state index contributed by atoms with van der Waals surface area (Å²) in [6, 6.07) is 7.45. The van der Waals surface area contributed by atoms with Gasteiger partial charge in [-0.05, 0) is 17.5 Å². The first-order chi connectivity index (χ1) is 8.58. The average molecular weight is 264 g/mol. The number of thioether (sulfide) groups is 1. The highest BCUT2D eigenvalue weighted by Gasteiger charge is 1.99. The normalized spacial score (nSPS) is 10.7. The molecule has 0 heterocycles. The minimum Gasteiger partial charge on any atom is -0.481 e. The summed E-state index contributed by atoms with van der Waals surface area (Å²) in [5, 5.41) is 8.83. The van der Waals surface area contributed by atoms with Crippen LogP contribution in [0.1, 0.15) is 24.5 Å². The summed E-state index contributed by atoms with van der Waals surface area (Å²) in [7, 11) is 0. The highest BCUT2D eigenvalue weighted by atomic mass is 32.2. The lowest BCUT2D eigenvalue weighted by Gasteiger charge is -1.99. The minimum atomic E-state index is -0.825. The van der Waals surface area contributed by atoms with Gasteiger partial charge in [0.25, 0.3) is 0 Å². The van der Waals surface area contributed by atoms with E-state index in [1.165, 1.54) is 11.8 Å². The van der Waals surface area contributed by atoms with Crippen LogP contribution in [-0.2, 0) is 16.0 Å². The van der Waals surface area contributed by atoms with Gasteiger partial charge in [0.1, 0.15) is 0 Å². The molecule has 3 nitrogen and oxygen atoms in total. The van der Waals surface area contributed by atoms with E-state index >= 15 is 0 Å². The second kappa shape index (κ2) is 7.71. The molecule has 1 aromatic rings. The van der Waals surface area contributed by atoms with Crippen LogP contribution in [0.2, 0.25) is 0 Å². The van der Waals surface area contributed by atoms with Gasteiger partial charge in [0.05, 0.1) is 6.42 Å². The van der Waals surface area contributed by atoms with Crippen molar-refractivity contribution in [1.82, 2.24) is 0 Å². The summed E-state index contributed by atoms with van der Waals surface area (Å²) in [5.41, 5.74) is 1.78. The average Bonchev–Trinajstić information content (AvgIpc) is 2.27. The zero-order chi connectivity index (χ0) is 13.4. The van der Waals surface area contributed by atoms with Crippen LogP contribution < -0.4 is 0 Å². The fourth-order valence-electron chi connectivity index (χ4n) is 1.47. The van der Waals surface area contributed by atoms with Crippen LogP contribution in [0.4, 0.5) is 0 Å². The van der Waals surface area contributed by atoms with Crippen LogP contribution >= 0.6 is 11.8 Å². The smallest absolute Gasteiger partial charge is 0.307 e. The minimum absolute atomic E-state index is 0.0435. The first kappa shape index (κ1) is 14.5. The van der Waals surface area contributed by atoms with Crippen LogP contribution in [0.5, 0.6) is 0 Å². The molecule has 1 N–H and O–H groups in total. The summed E-state index contributed by atoms with van der Waals surface area (Å²) in [6.07, 6.45) is 4.82. The Kier molecular flexibility index (Phi) is 6.22. The van der Waals surface area contributed by atoms with Gasteiger partial charge in [0, 0.05) is 12.7 Å². The summed E-state index contributed by atoms with van der Waals surface area (Å²) < 4.78 is 0. The topological polar surface area (TPSA) is 54.4 Å². The van der Waals surface area contributed by atoms with Crippen molar-refractivity contribution in [2.24, 2.45) is 0 Å². The number of benzene rings is 1. The van der Waals surface area contributed by atoms with Crippen LogP contribution in [-0.4, -0.2) is 21.9 Å². The monoisotopic (exact) mass is 264 g/mol. The molecule has 1 rings (SSSR count). The molecule has 0 aliphatic carbocycles. The van der Waals surface area contributed by atoms with E-state index in [0.29, 0.717) is 0 Å². The fourth-order valence-corrected chi connectivity index (χ4v) is 2.01. The molecule has 0 aliphatic heterocycles. The molecule has 0 spiro atoms. The van der Waals surface area contributed by atoms with Crippen LogP contribution in [0.3, 0.4) is 0 Å². The van der Waals surface area contributed by atoms with Crippen LogP contribution in [0.15, 0.2) is 30.3 Å². The predicted molar refractivity (Wildman–Crippen MR) is 74.6 cm³/mol. The van der Waals surface area contributed by atoms with Gasteiger partial charge in [-0.2, -0.15) is 0 Å². The van der Waals surface area contributed by atoms with Crippen molar-refractivity contribution in [3.63, 3.8) is 0 Å². The van der Waals surface area contributed by atoms with Crippen molar-refractivity contribution in [1.29, 1.82) is 0 Å². The quantitative estimate of drug-likeness (QED) is 0.802. The molecule has 0 aliphatic rings. The zero-order valence-electron chi connectivity index (χ0n) is 10.3. The van der Waals surface area contributed by atoms with E-state index in [-0.39, 0.29) is 11.5 Å². The number of hydrogen-bond donors (Lipinski definition) is 1. The third-order valence-corrected chi connectivity index (χ3v) is 3.05. The van der Waals surface area contributed by atoms with Gasteiger partial charge in [0.2, 0.25) is 0 Å². The van der Waals surface area contributed by atoms with Crippen molar-refractivity contribution < 1.29 is 14.7 Å². The molecule has 1 aromatic carbocycles. The first-order valence-electron chi connectivity index (χ1n) is 5.68. The maximum absolute atomic E-state index is 10.7. The molecular formula is C14H16O3S. The molecule has 18 heavy (non-hydrogen) atoms. The summed E-state index contributed by atoms with van der Waals surface area (Å²) >= 11 is 1.31. The Hall–Kier alpha value is -1.55. The Morgan fingerprint density at radius 1 is 1.39 bits per heavy atom. The second-order valence-electron chi connectivity index (χ2n) is 3.85. The fraction of sp³-hybridized carbons (Fsp3) is 0.286. The van der Waals surface area contributed by atoms with Crippen LogP contribution in [0.25, 0.3) is 6.08 Å². The number of allylic oxidation sites excluding steroid dienone is 1. The van der Waals surface area contributed by atoms with E-state index in [9.17, 15) is 9.59 Å². The molecule has 0 fully saturated rings. The molecule has 0 bridgehead atoms. The zero-order valence-corrected chi connectivity index (χ0v) is 11.1. The number of aliphatic carboxylic acids is 1. The largest absolute Gasteiger partial charge is 0.481 e. The highest BCUT2D eigenvalue weighted by molar-refractivity contribution is 8.13. The van der Waals surface area contributed by atoms with Gasteiger partial charge >= 0.3 is 5.97 Å². The molecule has 0 amide bonds. The number of carboxylic acid groups (broad SMARTS) is 1. The third kappa shape index (κ3) is 6.25. The van der Waals surface area contributed by atoms with Gasteiger partial charge in [-0.3, -0.25) is 9.59 Å². The number of carbonyl (C=O) groups is 2. The van der Waals surface area contributed by atoms with Crippen molar-refractivity contribution in [2.45, 2.75) is 19.8 Å². The van der Waals surface area contributed by atoms with Crippen molar-refractivity contribution in [2.75, 3.05) is 5.75 Å². The maximum Gasteiger partial charge on any atom is 0.307 e. The van der Waals surface area contributed by atoms with E-state index in [1.807, 2.05) is 30.4 Å². The molecule has 0 unspecified atom stereocenters. The number of hydrogen-bond acceptors (Lipinski definition) is 3. The van der Waals surface area contributed by atoms with E-state index in [4.69, 9.17) is 5.11 Å². The molecular weight excluding hydrogens is 248 g/mol. The van der Waals surface area contributed by atoms with Gasteiger partial charge < -0.3 is 5.11 Å². The summed E-state index contributed by atoms with van der Waals surface area (Å²) in [5.74, 6) is -0.0466. The standard InChI is InChI=1S/C14H16O3S/c1-11(15)18-8-3-2-5-12-6-4-7-13(9-12)10-14(16)17/h2,4-7,9H,3,8,10H2,1H3,(H,16,17). The number of rotatable bonds is 6. The Balaban J connectivity index is 2.48. The lowest BCUT2D eigenvalue weighted by Crippen LogP contribution is -1.99. The molecule has 0 radical (unpaired) electrons. The van der Waals surface area contributed by atoms with Gasteiger partial charge in [-0.25, -0.2) is 0 Å². The maximum atomic E-state index is 10.7. The molecule has 0 aromatic heterocycles. The predicted octanol–water partition coefficient (Wildman–Crippen LogP) is 3.00. The van der Waals surface area contributed by atoms with Gasteiger partial charge in [0.15, 0.2) is 5.12 Å². The lowest BCUT2D eigenvalue weighted by molar-refractivity contribution is -0.136. The van der Waals surface area contributed by atoms with Crippen LogP contribution in [0, 0.1) is 0 Å². The Morgan fingerprint density at radius 3 is 2.83 bits per heavy atom. The van der Waals surface area contributed by atoms with E-state index in [2.05, 4.69) is 0 Å². The van der Waals surface area contributed by atoms with E-state index in [1.54, 1.807) is 13.0 Å². The Morgan fingerprint density at radius 2 is 2.17 bits per heavy atom. The number of carboxylic acids is 1. The van der Waals surface area contributed by atoms with Gasteiger partial charge in [-0.1, -0.05) is 48.2 Å². The SMILES string of the molecule is CC(=O)SCCC=Cc1cccc(CC(=O)O)c1. The van der Waals surface area contributed by atoms with Crippen molar-refractivity contribution in [3.8, 4) is 0 Å². The molecule has 96 valence electrons. The first-order valence-corrected chi connectivity index (χ1v) is 6.67. The Bertz CT molecular complexity index is 452. The van der Waals surface area contributed by atoms with Crippen molar-refractivity contribution in [3.05, 3.63) is 41.5 Å².